The first-order valence-electron chi connectivity index (χ1n) is 27.0. The molecule has 2 unspecified atom stereocenters. The minimum atomic E-state index is -0.155. The fourth-order valence-corrected chi connectivity index (χ4v) is 13.6. The van der Waals surface area contributed by atoms with Crippen LogP contribution in [-0.2, 0) is 27.1 Å². The van der Waals surface area contributed by atoms with Gasteiger partial charge < -0.3 is 14.3 Å². The fraction of sp³-hybridized carbons (Fsp3) is 0.353. The van der Waals surface area contributed by atoms with Crippen molar-refractivity contribution in [1.29, 1.82) is 0 Å². The Morgan fingerprint density at radius 2 is 1.03 bits per heavy atom. The molecule has 0 spiro atoms. The lowest BCUT2D eigenvalue weighted by Gasteiger charge is -2.50. The largest absolute Gasteiger partial charge is 0.375 e. The Labute approximate surface area is 431 Å². The summed E-state index contributed by atoms with van der Waals surface area (Å²) in [6.07, 6.45) is 4.73. The van der Waals surface area contributed by atoms with Gasteiger partial charge in [-0.25, -0.2) is 0 Å². The number of nitrogens with zero attached hydrogens (tertiary/aromatic N) is 3. The number of rotatable bonds is 4. The SMILES string of the molecule is CC(C)(C)c1ccc(N2c3ccc(C(C)(C)C)cc3B3c4c(cc(C(C)(C)C)cc42)-c2cc4c(c5c(-c6ccccc6)c(-c6ccccc6)n3c25)N(c2ccc(C(C)(C)C)cc2)C2(C)CCCCC42C)cc1. The van der Waals surface area contributed by atoms with Gasteiger partial charge in [0.25, 0.3) is 0 Å². The molecule has 1 saturated carbocycles. The van der Waals surface area contributed by atoms with Crippen LogP contribution in [-0.4, -0.2) is 16.9 Å². The lowest BCUT2D eigenvalue weighted by atomic mass is 9.44. The second-order valence-electron chi connectivity index (χ2n) is 26.6. The van der Waals surface area contributed by atoms with E-state index in [-0.39, 0.29) is 39.5 Å². The molecule has 3 aliphatic heterocycles. The van der Waals surface area contributed by atoms with E-state index >= 15 is 0 Å². The molecule has 4 heterocycles. The maximum Gasteiger partial charge on any atom is 0.333 e. The van der Waals surface area contributed by atoms with Crippen LogP contribution in [0.25, 0.3) is 44.4 Å². The molecule has 1 aromatic heterocycles. The van der Waals surface area contributed by atoms with Crippen LogP contribution in [0.2, 0.25) is 0 Å². The smallest absolute Gasteiger partial charge is 0.333 e. The quantitative estimate of drug-likeness (QED) is 0.163. The number of anilines is 5. The van der Waals surface area contributed by atoms with Gasteiger partial charge in [0.1, 0.15) is 0 Å². The van der Waals surface area contributed by atoms with E-state index in [0.29, 0.717) is 0 Å². The van der Waals surface area contributed by atoms with Gasteiger partial charge >= 0.3 is 6.85 Å². The molecule has 8 aromatic rings. The van der Waals surface area contributed by atoms with Crippen molar-refractivity contribution in [3.63, 3.8) is 0 Å². The topological polar surface area (TPSA) is 11.4 Å². The Hall–Kier alpha value is -6.26. The van der Waals surface area contributed by atoms with Gasteiger partial charge in [-0.05, 0) is 139 Å². The van der Waals surface area contributed by atoms with E-state index in [0.717, 1.165) is 12.8 Å². The Kier molecular flexibility index (Phi) is 10.2. The third-order valence-electron chi connectivity index (χ3n) is 17.9. The van der Waals surface area contributed by atoms with Crippen molar-refractivity contribution in [2.75, 3.05) is 9.80 Å². The first kappa shape index (κ1) is 46.8. The molecule has 3 nitrogen and oxygen atoms in total. The molecule has 4 aliphatic rings. The summed E-state index contributed by atoms with van der Waals surface area (Å²) in [6, 6.07) is 57.4. The van der Waals surface area contributed by atoms with Gasteiger partial charge in [-0.2, -0.15) is 0 Å². The first-order chi connectivity index (χ1) is 34.0. The van der Waals surface area contributed by atoms with Gasteiger partial charge in [-0.1, -0.05) is 206 Å². The van der Waals surface area contributed by atoms with Crippen LogP contribution in [0.5, 0.6) is 0 Å². The molecule has 72 heavy (non-hydrogen) atoms. The van der Waals surface area contributed by atoms with Crippen LogP contribution in [0.1, 0.15) is 150 Å². The summed E-state index contributed by atoms with van der Waals surface area (Å²) in [5.74, 6) is 0. The molecule has 1 fully saturated rings. The second kappa shape index (κ2) is 15.6. The highest BCUT2D eigenvalue weighted by Crippen LogP contribution is 2.66. The van der Waals surface area contributed by atoms with E-state index in [9.17, 15) is 0 Å². The van der Waals surface area contributed by atoms with Crippen LogP contribution in [0, 0.1) is 0 Å². The third-order valence-corrected chi connectivity index (χ3v) is 17.9. The Morgan fingerprint density at radius 3 is 1.61 bits per heavy atom. The molecule has 0 radical (unpaired) electrons. The van der Waals surface area contributed by atoms with Gasteiger partial charge in [-0.15, -0.1) is 0 Å². The predicted octanol–water partition coefficient (Wildman–Crippen LogP) is 17.3. The van der Waals surface area contributed by atoms with Crippen molar-refractivity contribution < 1.29 is 0 Å². The standard InChI is InChI=1S/C68H74BN3/c1-63(2,3)45-27-32-49(33-28-45)70-55-36-31-47(65(7,8)9)40-54(55)69-59-51(39-48(41-56(59)70)66(10,11)12)52-42-53-62(58-57(43-23-17-15-18-24-43)60(72(69)61(52)58)44-25-19-16-20-26-44)71(68(14)38-22-21-37-67(53,68)13)50-34-29-46(30-35-50)64(4,5)6/h15-20,23-36,39-42H,21-22,37-38H2,1-14H3. The van der Waals surface area contributed by atoms with E-state index in [1.165, 1.54) is 124 Å². The highest BCUT2D eigenvalue weighted by atomic mass is 15.3. The summed E-state index contributed by atoms with van der Waals surface area (Å²) < 4.78 is 2.85. The fourth-order valence-electron chi connectivity index (χ4n) is 13.6. The van der Waals surface area contributed by atoms with Crippen LogP contribution >= 0.6 is 0 Å². The average Bonchev–Trinajstić information content (AvgIpc) is 3.79. The summed E-state index contributed by atoms with van der Waals surface area (Å²) >= 11 is 0. The summed E-state index contributed by atoms with van der Waals surface area (Å²) in [6.45, 7) is 33.4. The molecular formula is C68H74BN3. The predicted molar refractivity (Wildman–Crippen MR) is 311 cm³/mol. The molecule has 12 rings (SSSR count). The van der Waals surface area contributed by atoms with E-state index in [4.69, 9.17) is 0 Å². The van der Waals surface area contributed by atoms with Crippen molar-refractivity contribution in [3.05, 3.63) is 173 Å². The van der Waals surface area contributed by atoms with Gasteiger partial charge in [0.2, 0.25) is 0 Å². The van der Waals surface area contributed by atoms with Gasteiger partial charge in [0.05, 0.1) is 11.2 Å². The molecule has 4 heteroatoms. The van der Waals surface area contributed by atoms with Crippen LogP contribution in [0.3, 0.4) is 0 Å². The molecule has 0 saturated heterocycles. The van der Waals surface area contributed by atoms with Crippen molar-refractivity contribution in [1.82, 2.24) is 4.48 Å². The number of hydrogen-bond donors (Lipinski definition) is 0. The normalized spacial score (nSPS) is 19.3. The lowest BCUT2D eigenvalue weighted by molar-refractivity contribution is 0.195. The van der Waals surface area contributed by atoms with Gasteiger partial charge in [0, 0.05) is 55.9 Å². The summed E-state index contributed by atoms with van der Waals surface area (Å²) in [5.41, 5.74) is 24.9. The van der Waals surface area contributed by atoms with Crippen molar-refractivity contribution in [3.8, 4) is 33.5 Å². The van der Waals surface area contributed by atoms with Gasteiger partial charge in [-0.3, -0.25) is 0 Å². The summed E-state index contributed by atoms with van der Waals surface area (Å²) in [5, 5.41) is 1.38. The van der Waals surface area contributed by atoms with Crippen LogP contribution < -0.4 is 20.7 Å². The molecule has 0 amide bonds. The van der Waals surface area contributed by atoms with Crippen molar-refractivity contribution in [2.45, 2.75) is 155 Å². The Balaban J connectivity index is 1.30. The minimum absolute atomic E-state index is 0.0426. The Morgan fingerprint density at radius 1 is 0.486 bits per heavy atom. The Bertz CT molecular complexity index is 3460. The molecule has 1 aliphatic carbocycles. The maximum atomic E-state index is 2.86. The van der Waals surface area contributed by atoms with Crippen molar-refractivity contribution in [2.24, 2.45) is 0 Å². The first-order valence-corrected chi connectivity index (χ1v) is 27.0. The molecular weight excluding hydrogens is 870 g/mol. The number of fused-ring (bicyclic) bond motifs is 8. The van der Waals surface area contributed by atoms with E-state index < -0.39 is 0 Å². The van der Waals surface area contributed by atoms with Gasteiger partial charge in [0.15, 0.2) is 0 Å². The summed E-state index contributed by atoms with van der Waals surface area (Å²) in [4.78, 5) is 5.49. The lowest BCUT2D eigenvalue weighted by Crippen LogP contribution is -2.57. The van der Waals surface area contributed by atoms with E-state index in [1.54, 1.807) is 0 Å². The third kappa shape index (κ3) is 6.76. The molecule has 0 N–H and O–H groups in total. The number of benzene rings is 7. The second-order valence-corrected chi connectivity index (χ2v) is 26.6. The zero-order chi connectivity index (χ0) is 50.7. The molecule has 7 aromatic carbocycles. The zero-order valence-electron chi connectivity index (χ0n) is 45.6. The minimum Gasteiger partial charge on any atom is -0.375 e. The molecule has 2 atom stereocenters. The monoisotopic (exact) mass is 944 g/mol. The van der Waals surface area contributed by atoms with E-state index in [1.807, 2.05) is 0 Å². The van der Waals surface area contributed by atoms with Crippen LogP contribution in [0.4, 0.5) is 28.4 Å². The van der Waals surface area contributed by atoms with Crippen LogP contribution in [0.15, 0.2) is 146 Å². The number of aromatic nitrogens is 1. The zero-order valence-corrected chi connectivity index (χ0v) is 45.6. The number of hydrogen-bond acceptors (Lipinski definition) is 2. The summed E-state index contributed by atoms with van der Waals surface area (Å²) in [7, 11) is 0. The average molecular weight is 944 g/mol. The van der Waals surface area contributed by atoms with Crippen molar-refractivity contribution >= 4 is 57.1 Å². The highest BCUT2D eigenvalue weighted by molar-refractivity contribution is 6.90. The molecule has 364 valence electrons. The highest BCUT2D eigenvalue weighted by Gasteiger charge is 2.59. The van der Waals surface area contributed by atoms with E-state index in [2.05, 4.69) is 257 Å². The molecule has 0 bridgehead atoms. The maximum absolute atomic E-state index is 2.86.